The third kappa shape index (κ3) is 4.40. The summed E-state index contributed by atoms with van der Waals surface area (Å²) in [6.45, 7) is 5.80. The van der Waals surface area contributed by atoms with E-state index in [1.807, 2.05) is 36.4 Å². The fourth-order valence-electron chi connectivity index (χ4n) is 4.38. The molecule has 0 atom stereocenters. The molecule has 2 N–H and O–H groups in total. The Labute approximate surface area is 221 Å². The predicted octanol–water partition coefficient (Wildman–Crippen LogP) is 8.57. The van der Waals surface area contributed by atoms with Crippen molar-refractivity contribution in [2.75, 3.05) is 16.6 Å². The Morgan fingerprint density at radius 3 is 2.36 bits per heavy atom. The van der Waals surface area contributed by atoms with Crippen LogP contribution >= 0.6 is 34.0 Å². The van der Waals surface area contributed by atoms with Crippen molar-refractivity contribution in [3.8, 4) is 22.4 Å². The molecule has 1 fully saturated rings. The Bertz CT molecular complexity index is 1480. The van der Waals surface area contributed by atoms with E-state index in [0.29, 0.717) is 45.3 Å². The third-order valence-electron chi connectivity index (χ3n) is 6.21. The van der Waals surface area contributed by atoms with Crippen molar-refractivity contribution in [1.29, 1.82) is 0 Å². The number of rotatable bonds is 4. The third-order valence-corrected chi connectivity index (χ3v) is 8.70. The van der Waals surface area contributed by atoms with Gasteiger partial charge in [-0.3, -0.25) is 18.2 Å². The fourth-order valence-corrected chi connectivity index (χ4v) is 6.36. The van der Waals surface area contributed by atoms with E-state index in [4.69, 9.17) is 32.6 Å². The Balaban J connectivity index is 1.86. The number of carbonyl (C=O) groups is 1. The first-order valence-corrected chi connectivity index (χ1v) is 14.0. The number of anilines is 1. The zero-order chi connectivity index (χ0) is 25.8. The van der Waals surface area contributed by atoms with Crippen LogP contribution in [0.15, 0.2) is 59.0 Å². The molecule has 0 radical (unpaired) electrons. The summed E-state index contributed by atoms with van der Waals surface area (Å²) in [5.41, 5.74) is 2.72. The molecule has 3 heterocycles. The van der Waals surface area contributed by atoms with Crippen LogP contribution in [0.3, 0.4) is 0 Å². The molecule has 1 aliphatic heterocycles. The van der Waals surface area contributed by atoms with Crippen LogP contribution < -0.4 is 4.31 Å². The molecule has 2 aromatic heterocycles. The topological polar surface area (TPSA) is 86.8 Å². The van der Waals surface area contributed by atoms with Crippen LogP contribution in [0.5, 0.6) is 0 Å². The predicted molar refractivity (Wildman–Crippen MR) is 148 cm³/mol. The molecule has 36 heavy (non-hydrogen) atoms. The lowest BCUT2D eigenvalue weighted by Crippen LogP contribution is -2.26. The highest BCUT2D eigenvalue weighted by molar-refractivity contribution is 8.25. The van der Waals surface area contributed by atoms with Crippen LogP contribution in [0.1, 0.15) is 37.7 Å². The second-order valence-electron chi connectivity index (χ2n) is 9.87. The lowest BCUT2D eigenvalue weighted by molar-refractivity contribution is 0.0831. The largest absolute Gasteiger partial charge is 0.432 e. The number of benzene rings is 2. The Kier molecular flexibility index (Phi) is 6.34. The van der Waals surface area contributed by atoms with E-state index in [1.165, 1.54) is 4.31 Å². The van der Waals surface area contributed by atoms with Gasteiger partial charge in [0.2, 0.25) is 11.5 Å². The molecular weight excluding hydrogens is 519 g/mol. The molecule has 188 valence electrons. The quantitative estimate of drug-likeness (QED) is 0.250. The van der Waals surface area contributed by atoms with Gasteiger partial charge in [0, 0.05) is 33.1 Å². The molecule has 0 unspecified atom stereocenters. The summed E-state index contributed by atoms with van der Waals surface area (Å²) >= 11 is 12.7. The molecule has 5 rings (SSSR count). The highest BCUT2D eigenvalue weighted by Crippen LogP contribution is 2.55. The van der Waals surface area contributed by atoms with Gasteiger partial charge in [-0.1, -0.05) is 74.3 Å². The van der Waals surface area contributed by atoms with E-state index in [2.05, 4.69) is 0 Å². The molecule has 1 saturated heterocycles. The van der Waals surface area contributed by atoms with Gasteiger partial charge in [0.1, 0.15) is 5.69 Å². The average molecular weight is 545 g/mol. The molecule has 6 nitrogen and oxygen atoms in total. The van der Waals surface area contributed by atoms with Gasteiger partial charge < -0.3 is 4.42 Å². The van der Waals surface area contributed by atoms with Gasteiger partial charge in [-0.15, -0.1) is 10.8 Å². The van der Waals surface area contributed by atoms with Crippen molar-refractivity contribution in [3.63, 3.8) is 0 Å². The van der Waals surface area contributed by atoms with Crippen LogP contribution in [0.25, 0.3) is 33.5 Å². The monoisotopic (exact) mass is 544 g/mol. The smallest absolute Gasteiger partial charge is 0.229 e. The number of halogens is 2. The number of hydrogen-bond acceptors (Lipinski definition) is 6. The van der Waals surface area contributed by atoms with Crippen molar-refractivity contribution >= 4 is 56.5 Å². The number of nitrogens with zero attached hydrogens (tertiary/aromatic N) is 2. The molecule has 0 amide bonds. The van der Waals surface area contributed by atoms with Gasteiger partial charge in [0.05, 0.1) is 16.8 Å². The first kappa shape index (κ1) is 25.1. The van der Waals surface area contributed by atoms with E-state index in [-0.39, 0.29) is 23.0 Å². The van der Waals surface area contributed by atoms with Crippen molar-refractivity contribution in [1.82, 2.24) is 4.98 Å². The molecule has 0 bridgehead atoms. The first-order chi connectivity index (χ1) is 17.0. The van der Waals surface area contributed by atoms with Gasteiger partial charge in [-0.25, -0.2) is 4.98 Å². The van der Waals surface area contributed by atoms with E-state index >= 15 is 0 Å². The van der Waals surface area contributed by atoms with Gasteiger partial charge >= 0.3 is 0 Å². The molecule has 9 heteroatoms. The second kappa shape index (κ2) is 9.08. The maximum absolute atomic E-state index is 13.5. The molecule has 2 aromatic carbocycles. The SMILES string of the molecule is CC(C)(C)C(=O)c1oc2nc(-c3ccccc3Cl)c(-c3ccc(Cl)cc3)cc2c1N1CCCS1(O)O. The maximum Gasteiger partial charge on any atom is 0.229 e. The molecule has 0 aliphatic carbocycles. The van der Waals surface area contributed by atoms with Gasteiger partial charge in [-0.05, 0) is 36.2 Å². The summed E-state index contributed by atoms with van der Waals surface area (Å²) in [7, 11) is -3.10. The van der Waals surface area contributed by atoms with Crippen molar-refractivity contribution in [3.05, 3.63) is 70.4 Å². The summed E-state index contributed by atoms with van der Waals surface area (Å²) in [4.78, 5) is 18.3. The van der Waals surface area contributed by atoms with Crippen molar-refractivity contribution < 1.29 is 18.3 Å². The molecule has 0 spiro atoms. The van der Waals surface area contributed by atoms with Gasteiger partial charge in [-0.2, -0.15) is 0 Å². The van der Waals surface area contributed by atoms with Gasteiger partial charge in [0.15, 0.2) is 5.76 Å². The molecule has 1 aliphatic rings. The molecular formula is C27H26Cl2N2O4S. The summed E-state index contributed by atoms with van der Waals surface area (Å²) in [6, 6.07) is 16.6. The number of Topliss-reactive ketones (excluding diaryl/α,β-unsaturated/α-hetero) is 1. The van der Waals surface area contributed by atoms with Gasteiger partial charge in [0.25, 0.3) is 0 Å². The lowest BCUT2D eigenvalue weighted by atomic mass is 9.88. The Hall–Kier alpha value is -2.55. The number of fused-ring (bicyclic) bond motifs is 1. The minimum atomic E-state index is -3.10. The van der Waals surface area contributed by atoms with Crippen LogP contribution in [0.4, 0.5) is 5.69 Å². The summed E-state index contributed by atoms with van der Waals surface area (Å²) in [5, 5.41) is 1.65. The number of furan rings is 1. The second-order valence-corrected chi connectivity index (χ2v) is 12.8. The van der Waals surface area contributed by atoms with Crippen LogP contribution in [0, 0.1) is 5.41 Å². The Morgan fingerprint density at radius 1 is 1.06 bits per heavy atom. The Morgan fingerprint density at radius 2 is 1.75 bits per heavy atom. The number of aromatic nitrogens is 1. The zero-order valence-corrected chi connectivity index (χ0v) is 22.4. The number of ketones is 1. The molecule has 0 saturated carbocycles. The highest BCUT2D eigenvalue weighted by atomic mass is 35.5. The van der Waals surface area contributed by atoms with E-state index < -0.39 is 16.2 Å². The zero-order valence-electron chi connectivity index (χ0n) is 20.1. The number of carbonyl (C=O) groups excluding carboxylic acids is 1. The van der Waals surface area contributed by atoms with Crippen LogP contribution in [-0.2, 0) is 0 Å². The minimum Gasteiger partial charge on any atom is -0.432 e. The molecule has 4 aromatic rings. The van der Waals surface area contributed by atoms with Crippen molar-refractivity contribution in [2.45, 2.75) is 27.2 Å². The normalized spacial score (nSPS) is 16.5. The van der Waals surface area contributed by atoms with Crippen LogP contribution in [0.2, 0.25) is 10.0 Å². The summed E-state index contributed by atoms with van der Waals surface area (Å²) < 4.78 is 29.3. The first-order valence-electron chi connectivity index (χ1n) is 11.5. The van der Waals surface area contributed by atoms with Crippen molar-refractivity contribution in [2.24, 2.45) is 5.41 Å². The fraction of sp³-hybridized carbons (Fsp3) is 0.259. The highest BCUT2D eigenvalue weighted by Gasteiger charge is 2.39. The summed E-state index contributed by atoms with van der Waals surface area (Å²) in [5.74, 6) is 0.0630. The summed E-state index contributed by atoms with van der Waals surface area (Å²) in [6.07, 6.45) is 0.591. The maximum atomic E-state index is 13.5. The van der Waals surface area contributed by atoms with E-state index in [0.717, 1.165) is 11.1 Å². The van der Waals surface area contributed by atoms with Crippen LogP contribution in [-0.4, -0.2) is 32.2 Å². The van der Waals surface area contributed by atoms with E-state index in [1.54, 1.807) is 39.0 Å². The standard InChI is InChI=1S/C27H26Cl2N2O4S/c1-27(2,3)25(32)24-23(31-13-6-14-36(31,33)34)20-15-19(16-9-11-17(28)12-10-16)22(30-26(20)35-24)18-7-4-5-8-21(18)29/h4-5,7-12,15,33-34H,6,13-14H2,1-3H3. The lowest BCUT2D eigenvalue weighted by Gasteiger charge is -2.38. The number of pyridine rings is 1. The minimum absolute atomic E-state index is 0.0743. The average Bonchev–Trinajstić information content (AvgIpc) is 3.36. The number of hydrogen-bond donors (Lipinski definition) is 2. The van der Waals surface area contributed by atoms with E-state index in [9.17, 15) is 13.9 Å².